The van der Waals surface area contributed by atoms with Gasteiger partial charge in [-0.3, -0.25) is 0 Å². The molecule has 0 aromatic heterocycles. The van der Waals surface area contributed by atoms with Gasteiger partial charge < -0.3 is 5.11 Å². The van der Waals surface area contributed by atoms with Crippen molar-refractivity contribution in [3.05, 3.63) is 11.1 Å². The number of hydrogen-bond donors (Lipinski definition) is 1. The number of allylic oxidation sites excluding steroid dienone is 1. The highest BCUT2D eigenvalue weighted by molar-refractivity contribution is 6.30. The average Bonchev–Trinajstić information content (AvgIpc) is 2.41. The van der Waals surface area contributed by atoms with E-state index in [0.717, 1.165) is 18.8 Å². The Kier molecular flexibility index (Phi) is 1.94. The van der Waals surface area contributed by atoms with Crippen LogP contribution in [0.3, 0.4) is 0 Å². The van der Waals surface area contributed by atoms with Crippen LogP contribution in [0.4, 0.5) is 0 Å². The van der Waals surface area contributed by atoms with Crippen LogP contribution in [0.5, 0.6) is 0 Å². The fraction of sp³-hybridized carbons (Fsp3) is 0.778. The number of rotatable bonds is 0. The van der Waals surface area contributed by atoms with Gasteiger partial charge in [-0.1, -0.05) is 17.7 Å². The Bertz CT molecular complexity index is 188. The highest BCUT2D eigenvalue weighted by Gasteiger charge is 2.33. The summed E-state index contributed by atoms with van der Waals surface area (Å²) in [6.07, 6.45) is 6.33. The summed E-state index contributed by atoms with van der Waals surface area (Å²) in [7, 11) is 0. The largest absolute Gasteiger partial charge is 0.387 e. The van der Waals surface area contributed by atoms with E-state index < -0.39 is 0 Å². The minimum absolute atomic E-state index is 0.357. The SMILES string of the molecule is OC1C(Cl)=CCC2CCC1C2. The first-order valence-corrected chi connectivity index (χ1v) is 4.69. The molecule has 2 aliphatic carbocycles. The van der Waals surface area contributed by atoms with Gasteiger partial charge in [0.2, 0.25) is 0 Å². The Morgan fingerprint density at radius 2 is 2.27 bits per heavy atom. The maximum Gasteiger partial charge on any atom is 0.0920 e. The molecule has 0 saturated heterocycles. The molecule has 3 unspecified atom stereocenters. The Morgan fingerprint density at radius 3 is 3.09 bits per heavy atom. The molecule has 1 nitrogen and oxygen atoms in total. The van der Waals surface area contributed by atoms with E-state index in [9.17, 15) is 5.11 Å². The number of hydrogen-bond acceptors (Lipinski definition) is 1. The zero-order valence-corrected chi connectivity index (χ0v) is 7.22. The van der Waals surface area contributed by atoms with Crippen molar-refractivity contribution in [2.75, 3.05) is 0 Å². The Morgan fingerprint density at radius 1 is 1.45 bits per heavy atom. The lowest BCUT2D eigenvalue weighted by Crippen LogP contribution is -2.16. The van der Waals surface area contributed by atoms with E-state index in [2.05, 4.69) is 0 Å². The summed E-state index contributed by atoms with van der Waals surface area (Å²) in [4.78, 5) is 0. The van der Waals surface area contributed by atoms with Crippen LogP contribution in [-0.2, 0) is 0 Å². The van der Waals surface area contributed by atoms with E-state index in [4.69, 9.17) is 11.6 Å². The summed E-state index contributed by atoms with van der Waals surface area (Å²) >= 11 is 5.88. The van der Waals surface area contributed by atoms with Crippen LogP contribution in [0, 0.1) is 11.8 Å². The highest BCUT2D eigenvalue weighted by atomic mass is 35.5. The van der Waals surface area contributed by atoms with Crippen molar-refractivity contribution in [3.63, 3.8) is 0 Å². The minimum Gasteiger partial charge on any atom is -0.387 e. The van der Waals surface area contributed by atoms with Crippen molar-refractivity contribution >= 4 is 11.6 Å². The molecular weight excluding hydrogens is 160 g/mol. The van der Waals surface area contributed by atoms with Gasteiger partial charge in [0.05, 0.1) is 6.10 Å². The van der Waals surface area contributed by atoms with Gasteiger partial charge in [-0.15, -0.1) is 0 Å². The maximum absolute atomic E-state index is 9.64. The molecule has 2 aliphatic rings. The first kappa shape index (κ1) is 7.63. The van der Waals surface area contributed by atoms with Crippen molar-refractivity contribution in [3.8, 4) is 0 Å². The Labute approximate surface area is 72.1 Å². The van der Waals surface area contributed by atoms with Crippen LogP contribution < -0.4 is 0 Å². The molecule has 1 fully saturated rings. The van der Waals surface area contributed by atoms with Crippen molar-refractivity contribution in [1.29, 1.82) is 0 Å². The lowest BCUT2D eigenvalue weighted by Gasteiger charge is -2.15. The van der Waals surface area contributed by atoms with E-state index >= 15 is 0 Å². The molecule has 0 aromatic rings. The van der Waals surface area contributed by atoms with E-state index in [1.54, 1.807) is 0 Å². The summed E-state index contributed by atoms with van der Waals surface area (Å²) in [5.41, 5.74) is 0. The normalized spacial score (nSPS) is 43.5. The summed E-state index contributed by atoms with van der Waals surface area (Å²) in [5, 5.41) is 10.3. The molecular formula is C9H13ClO. The van der Waals surface area contributed by atoms with Gasteiger partial charge in [0, 0.05) is 5.03 Å². The van der Waals surface area contributed by atoms with Crippen LogP contribution in [0.1, 0.15) is 25.7 Å². The molecule has 2 rings (SSSR count). The third-order valence-electron chi connectivity index (χ3n) is 2.96. The third kappa shape index (κ3) is 1.32. The van der Waals surface area contributed by atoms with Crippen molar-refractivity contribution in [2.45, 2.75) is 31.8 Å². The van der Waals surface area contributed by atoms with Crippen LogP contribution in [0.25, 0.3) is 0 Å². The van der Waals surface area contributed by atoms with Gasteiger partial charge in [0.1, 0.15) is 0 Å². The first-order chi connectivity index (χ1) is 5.27. The van der Waals surface area contributed by atoms with Gasteiger partial charge in [0.25, 0.3) is 0 Å². The molecule has 0 radical (unpaired) electrons. The molecule has 2 heteroatoms. The molecule has 62 valence electrons. The van der Waals surface area contributed by atoms with E-state index in [-0.39, 0.29) is 6.10 Å². The predicted octanol–water partition coefficient (Wildman–Crippen LogP) is 2.29. The third-order valence-corrected chi connectivity index (χ3v) is 3.33. The lowest BCUT2D eigenvalue weighted by molar-refractivity contribution is 0.151. The topological polar surface area (TPSA) is 20.2 Å². The fourth-order valence-electron chi connectivity index (χ4n) is 2.24. The van der Waals surface area contributed by atoms with Gasteiger partial charge in [-0.25, -0.2) is 0 Å². The fourth-order valence-corrected chi connectivity index (χ4v) is 2.51. The van der Waals surface area contributed by atoms with Crippen LogP contribution >= 0.6 is 11.6 Å². The first-order valence-electron chi connectivity index (χ1n) is 4.31. The van der Waals surface area contributed by atoms with Gasteiger partial charge in [-0.2, -0.15) is 0 Å². The van der Waals surface area contributed by atoms with Crippen LogP contribution in [0.2, 0.25) is 0 Å². The molecule has 3 atom stereocenters. The molecule has 0 aliphatic heterocycles. The van der Waals surface area contributed by atoms with Crippen LogP contribution in [0.15, 0.2) is 11.1 Å². The average molecular weight is 173 g/mol. The number of halogens is 1. The molecule has 0 amide bonds. The van der Waals surface area contributed by atoms with Crippen LogP contribution in [-0.4, -0.2) is 11.2 Å². The van der Waals surface area contributed by atoms with Gasteiger partial charge in [0.15, 0.2) is 0 Å². The maximum atomic E-state index is 9.64. The number of aliphatic hydroxyl groups is 1. The lowest BCUT2D eigenvalue weighted by atomic mass is 10.0. The monoisotopic (exact) mass is 172 g/mol. The van der Waals surface area contributed by atoms with Crippen molar-refractivity contribution < 1.29 is 5.11 Å². The number of aliphatic hydroxyl groups excluding tert-OH is 1. The van der Waals surface area contributed by atoms with E-state index in [1.807, 2.05) is 6.08 Å². The predicted molar refractivity (Wildman–Crippen MR) is 45.4 cm³/mol. The second-order valence-electron chi connectivity index (χ2n) is 3.71. The smallest absolute Gasteiger partial charge is 0.0920 e. The van der Waals surface area contributed by atoms with Crippen molar-refractivity contribution in [2.24, 2.45) is 11.8 Å². The standard InChI is InChI=1S/C9H13ClO/c10-8-4-2-6-1-3-7(5-6)9(8)11/h4,6-7,9,11H,1-3,5H2. The summed E-state index contributed by atoms with van der Waals surface area (Å²) in [5.74, 6) is 1.25. The summed E-state index contributed by atoms with van der Waals surface area (Å²) < 4.78 is 0. The summed E-state index contributed by atoms with van der Waals surface area (Å²) in [6.45, 7) is 0. The van der Waals surface area contributed by atoms with E-state index in [0.29, 0.717) is 11.0 Å². The zero-order chi connectivity index (χ0) is 7.84. The molecule has 11 heavy (non-hydrogen) atoms. The molecule has 0 spiro atoms. The number of fused-ring (bicyclic) bond motifs is 2. The quantitative estimate of drug-likeness (QED) is 0.595. The Balaban J connectivity index is 2.19. The second-order valence-corrected chi connectivity index (χ2v) is 4.15. The summed E-state index contributed by atoms with van der Waals surface area (Å²) in [6, 6.07) is 0. The second kappa shape index (κ2) is 2.80. The molecule has 2 bridgehead atoms. The zero-order valence-electron chi connectivity index (χ0n) is 6.46. The minimum atomic E-state index is -0.357. The highest BCUT2D eigenvalue weighted by Crippen LogP contribution is 2.40. The van der Waals surface area contributed by atoms with Gasteiger partial charge in [-0.05, 0) is 37.5 Å². The molecule has 0 aromatic carbocycles. The van der Waals surface area contributed by atoms with Gasteiger partial charge >= 0.3 is 0 Å². The van der Waals surface area contributed by atoms with Crippen molar-refractivity contribution in [1.82, 2.24) is 0 Å². The molecule has 1 saturated carbocycles. The van der Waals surface area contributed by atoms with E-state index in [1.165, 1.54) is 12.8 Å². The molecule has 0 heterocycles. The Hall–Kier alpha value is -0.0100. The molecule has 1 N–H and O–H groups in total.